The predicted octanol–water partition coefficient (Wildman–Crippen LogP) is 3.64. The third-order valence-electron chi connectivity index (χ3n) is 6.69. The first-order valence-corrected chi connectivity index (χ1v) is 12.7. The molecule has 1 aliphatic heterocycles. The summed E-state index contributed by atoms with van der Waals surface area (Å²) in [6.45, 7) is 2.42. The van der Waals surface area contributed by atoms with Crippen LogP contribution in [0.5, 0.6) is 0 Å². The second-order valence-corrected chi connectivity index (χ2v) is 10.4. The molecule has 6 nitrogen and oxygen atoms in total. The molecule has 0 saturated carbocycles. The highest BCUT2D eigenvalue weighted by Gasteiger charge is 2.32. The Morgan fingerprint density at radius 1 is 1.00 bits per heavy atom. The Morgan fingerprint density at radius 2 is 1.75 bits per heavy atom. The van der Waals surface area contributed by atoms with Gasteiger partial charge in [0, 0.05) is 24.7 Å². The first-order chi connectivity index (χ1) is 15.4. The normalized spacial score (nSPS) is 15.5. The third-order valence-corrected chi connectivity index (χ3v) is 8.59. The summed E-state index contributed by atoms with van der Waals surface area (Å²) in [4.78, 5) is 12.9. The van der Waals surface area contributed by atoms with Crippen LogP contribution in [0.2, 0.25) is 0 Å². The number of aromatic nitrogens is 2. The van der Waals surface area contributed by atoms with Gasteiger partial charge >= 0.3 is 0 Å². The van der Waals surface area contributed by atoms with E-state index in [0.29, 0.717) is 24.3 Å². The average Bonchev–Trinajstić information content (AvgIpc) is 3.26. The Balaban J connectivity index is 1.67. The molecule has 0 atom stereocenters. The van der Waals surface area contributed by atoms with Crippen molar-refractivity contribution in [1.29, 1.82) is 0 Å². The lowest BCUT2D eigenvalue weighted by Gasteiger charge is -2.23. The summed E-state index contributed by atoms with van der Waals surface area (Å²) in [6, 6.07) is 13.3. The summed E-state index contributed by atoms with van der Waals surface area (Å²) in [5.74, 6) is 0. The van der Waals surface area contributed by atoms with Crippen LogP contribution in [0.1, 0.15) is 42.0 Å². The summed E-state index contributed by atoms with van der Waals surface area (Å²) in [6.07, 6.45) is 4.88. The van der Waals surface area contributed by atoms with Gasteiger partial charge < -0.3 is 0 Å². The summed E-state index contributed by atoms with van der Waals surface area (Å²) < 4.78 is 30.6. The van der Waals surface area contributed by atoms with Gasteiger partial charge in [-0.05, 0) is 67.3 Å². The van der Waals surface area contributed by atoms with Crippen molar-refractivity contribution in [3.8, 4) is 11.3 Å². The van der Waals surface area contributed by atoms with Gasteiger partial charge in [-0.2, -0.15) is 5.10 Å². The predicted molar refractivity (Wildman–Crippen MR) is 126 cm³/mol. The van der Waals surface area contributed by atoms with Gasteiger partial charge in [0.15, 0.2) is 0 Å². The molecule has 0 radical (unpaired) electrons. The van der Waals surface area contributed by atoms with Crippen LogP contribution in [0.3, 0.4) is 0 Å². The van der Waals surface area contributed by atoms with Crippen LogP contribution in [0.15, 0.2) is 52.2 Å². The molecule has 0 amide bonds. The molecule has 2 aliphatic rings. The highest BCUT2D eigenvalue weighted by molar-refractivity contribution is 7.93. The van der Waals surface area contributed by atoms with Crippen molar-refractivity contribution in [3.63, 3.8) is 0 Å². The quantitative estimate of drug-likeness (QED) is 0.610. The Bertz CT molecular complexity index is 1380. The van der Waals surface area contributed by atoms with Crippen LogP contribution in [0, 0.1) is 0 Å². The minimum Gasteiger partial charge on any atom is -0.268 e. The number of aryl methyl sites for hydroxylation is 2. The Morgan fingerprint density at radius 3 is 2.53 bits per heavy atom. The van der Waals surface area contributed by atoms with E-state index in [1.807, 2.05) is 43.3 Å². The van der Waals surface area contributed by atoms with Gasteiger partial charge in [0.1, 0.15) is 0 Å². The summed E-state index contributed by atoms with van der Waals surface area (Å²) in [5.41, 5.74) is 5.83. The molecule has 7 heteroatoms. The van der Waals surface area contributed by atoms with Gasteiger partial charge in [0.25, 0.3) is 15.6 Å². The van der Waals surface area contributed by atoms with Gasteiger partial charge in [-0.3, -0.25) is 9.10 Å². The molecular formula is C25H27N3O3S. The molecule has 32 heavy (non-hydrogen) atoms. The fourth-order valence-electron chi connectivity index (χ4n) is 5.00. The number of hydrogen-bond donors (Lipinski definition) is 0. The van der Waals surface area contributed by atoms with Crippen molar-refractivity contribution in [3.05, 3.63) is 75.1 Å². The van der Waals surface area contributed by atoms with Crippen LogP contribution in [-0.2, 0) is 42.8 Å². The van der Waals surface area contributed by atoms with Crippen LogP contribution in [0.25, 0.3) is 11.3 Å². The Labute approximate surface area is 188 Å². The molecule has 166 valence electrons. The van der Waals surface area contributed by atoms with Crippen LogP contribution in [0.4, 0.5) is 5.69 Å². The number of fused-ring (bicyclic) bond motifs is 2. The van der Waals surface area contributed by atoms with E-state index in [1.165, 1.54) is 8.99 Å². The van der Waals surface area contributed by atoms with Crippen LogP contribution < -0.4 is 9.86 Å². The van der Waals surface area contributed by atoms with Crippen molar-refractivity contribution < 1.29 is 8.42 Å². The van der Waals surface area contributed by atoms with E-state index in [-0.39, 0.29) is 5.56 Å². The van der Waals surface area contributed by atoms with Crippen molar-refractivity contribution in [2.45, 2.75) is 50.3 Å². The van der Waals surface area contributed by atoms with E-state index in [9.17, 15) is 13.2 Å². The second-order valence-electron chi connectivity index (χ2n) is 8.57. The summed E-state index contributed by atoms with van der Waals surface area (Å²) >= 11 is 0. The first-order valence-electron chi connectivity index (χ1n) is 11.2. The largest absolute Gasteiger partial charge is 0.269 e. The number of rotatable bonds is 4. The molecule has 0 saturated heterocycles. The van der Waals surface area contributed by atoms with E-state index in [1.54, 1.807) is 13.1 Å². The number of anilines is 1. The summed E-state index contributed by atoms with van der Waals surface area (Å²) in [7, 11) is -2.06. The molecule has 0 fully saturated rings. The molecule has 0 unspecified atom stereocenters. The number of benzene rings is 2. The lowest BCUT2D eigenvalue weighted by molar-refractivity contribution is 0.591. The van der Waals surface area contributed by atoms with Crippen LogP contribution >= 0.6 is 0 Å². The molecule has 2 aromatic carbocycles. The minimum atomic E-state index is -3.73. The fourth-order valence-corrected chi connectivity index (χ4v) is 6.82. The van der Waals surface area contributed by atoms with E-state index >= 15 is 0 Å². The molecule has 0 spiro atoms. The molecule has 2 heterocycles. The molecule has 3 aromatic rings. The third kappa shape index (κ3) is 3.26. The first kappa shape index (κ1) is 20.9. The molecule has 5 rings (SSSR count). The molecule has 1 aromatic heterocycles. The number of hydrogen-bond acceptors (Lipinski definition) is 4. The van der Waals surface area contributed by atoms with Gasteiger partial charge in [0.2, 0.25) is 0 Å². The Hall–Kier alpha value is -2.93. The molecule has 1 aliphatic carbocycles. The SMILES string of the molecule is CCc1ccc(-c2nn(C)c(=O)c3c2CCCC3)cc1S(=O)(=O)N1CCc2ccccc21. The van der Waals surface area contributed by atoms with E-state index in [0.717, 1.165) is 64.9 Å². The number of para-hydroxylation sites is 1. The highest BCUT2D eigenvalue weighted by atomic mass is 32.2. The maximum Gasteiger partial charge on any atom is 0.269 e. The summed E-state index contributed by atoms with van der Waals surface area (Å²) in [5, 5.41) is 4.56. The van der Waals surface area contributed by atoms with Crippen molar-refractivity contribution >= 4 is 15.7 Å². The van der Waals surface area contributed by atoms with Crippen molar-refractivity contribution in [2.24, 2.45) is 7.05 Å². The lowest BCUT2D eigenvalue weighted by atomic mass is 9.89. The lowest BCUT2D eigenvalue weighted by Crippen LogP contribution is -2.30. The van der Waals surface area contributed by atoms with E-state index < -0.39 is 10.0 Å². The molecule has 0 N–H and O–H groups in total. The topological polar surface area (TPSA) is 72.3 Å². The average molecular weight is 450 g/mol. The van der Waals surface area contributed by atoms with Gasteiger partial charge in [-0.1, -0.05) is 37.3 Å². The Kier molecular flexibility index (Phi) is 5.16. The minimum absolute atomic E-state index is 0.0462. The van der Waals surface area contributed by atoms with Gasteiger partial charge in [0.05, 0.1) is 16.3 Å². The van der Waals surface area contributed by atoms with E-state index in [2.05, 4.69) is 5.10 Å². The van der Waals surface area contributed by atoms with Gasteiger partial charge in [-0.25, -0.2) is 13.1 Å². The zero-order valence-corrected chi connectivity index (χ0v) is 19.3. The zero-order valence-electron chi connectivity index (χ0n) is 18.5. The van der Waals surface area contributed by atoms with Crippen molar-refractivity contribution in [1.82, 2.24) is 9.78 Å². The van der Waals surface area contributed by atoms with Crippen LogP contribution in [-0.4, -0.2) is 24.7 Å². The highest BCUT2D eigenvalue weighted by Crippen LogP contribution is 2.36. The second kappa shape index (κ2) is 7.89. The van der Waals surface area contributed by atoms with Gasteiger partial charge in [-0.15, -0.1) is 0 Å². The van der Waals surface area contributed by atoms with Crippen molar-refractivity contribution in [2.75, 3.05) is 10.8 Å². The molecule has 0 bridgehead atoms. The molecular weight excluding hydrogens is 422 g/mol. The zero-order chi connectivity index (χ0) is 22.5. The van der Waals surface area contributed by atoms with E-state index in [4.69, 9.17) is 0 Å². The monoisotopic (exact) mass is 449 g/mol. The maximum atomic E-state index is 13.8. The smallest absolute Gasteiger partial charge is 0.268 e. The standard InChI is InChI=1S/C25H27N3O3S/c1-3-17-12-13-19(24-20-9-5-6-10-21(20)25(29)27(2)26-24)16-23(17)32(30,31)28-15-14-18-8-4-7-11-22(18)28/h4,7-8,11-13,16H,3,5-6,9-10,14-15H2,1-2H3. The maximum absolute atomic E-state index is 13.8. The number of sulfonamides is 1. The number of nitrogens with zero attached hydrogens (tertiary/aromatic N) is 3. The fraction of sp³-hybridized carbons (Fsp3) is 0.360.